The van der Waals surface area contributed by atoms with Gasteiger partial charge >= 0.3 is 0 Å². The van der Waals surface area contributed by atoms with Crippen LogP contribution in [-0.4, -0.2) is 29.9 Å². The summed E-state index contributed by atoms with van der Waals surface area (Å²) in [5, 5.41) is 10.9. The van der Waals surface area contributed by atoms with E-state index in [1.165, 1.54) is 4.88 Å². The van der Waals surface area contributed by atoms with Crippen LogP contribution in [0.3, 0.4) is 0 Å². The van der Waals surface area contributed by atoms with E-state index in [0.29, 0.717) is 30.5 Å². The molecule has 146 valence electrons. The van der Waals surface area contributed by atoms with Crippen LogP contribution in [0.1, 0.15) is 35.7 Å². The Bertz CT molecular complexity index is 790. The molecule has 0 aliphatic carbocycles. The lowest BCUT2D eigenvalue weighted by atomic mass is 10.2. The summed E-state index contributed by atoms with van der Waals surface area (Å²) >= 11 is 7.76. The number of aliphatic imine (C=N–C) groups is 1. The number of hydrogen-bond donors (Lipinski definition) is 3. The van der Waals surface area contributed by atoms with Gasteiger partial charge in [-0.25, -0.2) is 9.98 Å². The average molecular weight is 408 g/mol. The number of hydrogen-bond acceptors (Lipinski definition) is 4. The van der Waals surface area contributed by atoms with Crippen molar-refractivity contribution in [2.75, 3.05) is 18.4 Å². The number of nitrogens with zero attached hydrogens (tertiary/aromatic N) is 2. The van der Waals surface area contributed by atoms with Crippen LogP contribution in [0.5, 0.6) is 0 Å². The standard InChI is InChI=1S/C19H26ClN5OS/c1-4-14-11-23-18(27-14)12-24-19(21-5-2)22-10-9-17(26)25-16-8-6-7-15(20)13(16)3/h6-8,11H,4-5,9-10,12H2,1-3H3,(H,25,26)(H2,21,22,24). The van der Waals surface area contributed by atoms with Crippen LogP contribution in [0.2, 0.25) is 5.02 Å². The average Bonchev–Trinajstić information content (AvgIpc) is 3.11. The molecule has 0 aliphatic heterocycles. The van der Waals surface area contributed by atoms with Crippen LogP contribution < -0.4 is 16.0 Å². The number of nitrogens with one attached hydrogen (secondary N) is 3. The number of benzene rings is 1. The molecule has 0 aliphatic rings. The fourth-order valence-electron chi connectivity index (χ4n) is 2.32. The predicted octanol–water partition coefficient (Wildman–Crippen LogP) is 3.75. The highest BCUT2D eigenvalue weighted by molar-refractivity contribution is 7.11. The maximum atomic E-state index is 12.2. The molecule has 3 N–H and O–H groups in total. The molecule has 2 aromatic rings. The molecule has 1 aromatic carbocycles. The molecular formula is C19H26ClN5OS. The first-order chi connectivity index (χ1) is 13.0. The molecule has 6 nitrogen and oxygen atoms in total. The van der Waals surface area contributed by atoms with Crippen LogP contribution in [0.15, 0.2) is 29.4 Å². The van der Waals surface area contributed by atoms with E-state index in [0.717, 1.165) is 29.2 Å². The molecule has 0 spiro atoms. The lowest BCUT2D eigenvalue weighted by Crippen LogP contribution is -2.38. The number of thiazole rings is 1. The molecule has 0 saturated heterocycles. The SMILES string of the molecule is CCNC(=NCc1ncc(CC)s1)NCCC(=O)Nc1cccc(Cl)c1C. The van der Waals surface area contributed by atoms with Gasteiger partial charge in [0.2, 0.25) is 5.91 Å². The van der Waals surface area contributed by atoms with E-state index in [1.807, 2.05) is 32.2 Å². The van der Waals surface area contributed by atoms with Crippen molar-refractivity contribution in [3.8, 4) is 0 Å². The smallest absolute Gasteiger partial charge is 0.226 e. The molecule has 1 heterocycles. The summed E-state index contributed by atoms with van der Waals surface area (Å²) in [6, 6.07) is 5.47. The molecule has 1 aromatic heterocycles. The van der Waals surface area contributed by atoms with Gasteiger partial charge in [0.05, 0.1) is 6.54 Å². The quantitative estimate of drug-likeness (QED) is 0.460. The van der Waals surface area contributed by atoms with Crippen LogP contribution in [0.25, 0.3) is 0 Å². The first-order valence-corrected chi connectivity index (χ1v) is 10.2. The Morgan fingerprint density at radius 1 is 1.30 bits per heavy atom. The minimum Gasteiger partial charge on any atom is -0.357 e. The number of carbonyl (C=O) groups is 1. The number of halogens is 1. The highest BCUT2D eigenvalue weighted by Gasteiger charge is 2.07. The summed E-state index contributed by atoms with van der Waals surface area (Å²) < 4.78 is 0. The normalized spacial score (nSPS) is 11.3. The van der Waals surface area contributed by atoms with Gasteiger partial charge in [-0.15, -0.1) is 11.3 Å². The minimum absolute atomic E-state index is 0.0729. The van der Waals surface area contributed by atoms with E-state index in [9.17, 15) is 4.79 Å². The van der Waals surface area contributed by atoms with Gasteiger partial charge in [-0.05, 0) is 38.0 Å². The zero-order valence-electron chi connectivity index (χ0n) is 15.9. The van der Waals surface area contributed by atoms with Crippen molar-refractivity contribution in [1.82, 2.24) is 15.6 Å². The van der Waals surface area contributed by atoms with Crippen molar-refractivity contribution in [2.45, 2.75) is 40.2 Å². The van der Waals surface area contributed by atoms with E-state index in [4.69, 9.17) is 11.6 Å². The summed E-state index contributed by atoms with van der Waals surface area (Å²) in [5.41, 5.74) is 1.61. The molecule has 0 atom stereocenters. The fourth-order valence-corrected chi connectivity index (χ4v) is 3.28. The van der Waals surface area contributed by atoms with E-state index < -0.39 is 0 Å². The van der Waals surface area contributed by atoms with Crippen molar-refractivity contribution in [2.24, 2.45) is 4.99 Å². The number of guanidine groups is 1. The van der Waals surface area contributed by atoms with Crippen LogP contribution in [-0.2, 0) is 17.8 Å². The molecule has 0 radical (unpaired) electrons. The number of amides is 1. The molecular weight excluding hydrogens is 382 g/mol. The monoisotopic (exact) mass is 407 g/mol. The first kappa shape index (κ1) is 21.2. The zero-order chi connectivity index (χ0) is 19.6. The Labute approximate surface area is 169 Å². The second kappa shape index (κ2) is 10.9. The third-order valence-electron chi connectivity index (χ3n) is 3.85. The van der Waals surface area contributed by atoms with Crippen LogP contribution >= 0.6 is 22.9 Å². The van der Waals surface area contributed by atoms with Gasteiger partial charge in [-0.3, -0.25) is 4.79 Å². The summed E-state index contributed by atoms with van der Waals surface area (Å²) in [7, 11) is 0. The van der Waals surface area contributed by atoms with Gasteiger partial charge < -0.3 is 16.0 Å². The molecule has 0 bridgehead atoms. The van der Waals surface area contributed by atoms with Crippen molar-refractivity contribution >= 4 is 40.5 Å². The summed E-state index contributed by atoms with van der Waals surface area (Å²) in [5.74, 6) is 0.605. The van der Waals surface area contributed by atoms with Gasteiger partial charge in [0.1, 0.15) is 5.01 Å². The van der Waals surface area contributed by atoms with Gasteiger partial charge in [-0.1, -0.05) is 24.6 Å². The van der Waals surface area contributed by atoms with Crippen LogP contribution in [0, 0.1) is 6.92 Å². The van der Waals surface area contributed by atoms with Crippen LogP contribution in [0.4, 0.5) is 5.69 Å². The van der Waals surface area contributed by atoms with Crippen molar-refractivity contribution < 1.29 is 4.79 Å². The van der Waals surface area contributed by atoms with E-state index in [2.05, 4.69) is 32.9 Å². The Morgan fingerprint density at radius 2 is 2.11 bits per heavy atom. The first-order valence-electron chi connectivity index (χ1n) is 9.04. The number of aromatic nitrogens is 1. The molecule has 0 unspecified atom stereocenters. The lowest BCUT2D eigenvalue weighted by Gasteiger charge is -2.12. The van der Waals surface area contributed by atoms with Gasteiger partial charge in [0.25, 0.3) is 0 Å². The molecule has 1 amide bonds. The number of carbonyl (C=O) groups excluding carboxylic acids is 1. The van der Waals surface area contributed by atoms with Crippen molar-refractivity contribution in [3.63, 3.8) is 0 Å². The lowest BCUT2D eigenvalue weighted by molar-refractivity contribution is -0.116. The van der Waals surface area contributed by atoms with Gasteiger partial charge in [0.15, 0.2) is 5.96 Å². The summed E-state index contributed by atoms with van der Waals surface area (Å²) in [4.78, 5) is 22.3. The highest BCUT2D eigenvalue weighted by Crippen LogP contribution is 2.22. The van der Waals surface area contributed by atoms with E-state index in [-0.39, 0.29) is 5.91 Å². The third kappa shape index (κ3) is 6.84. The Balaban J connectivity index is 1.83. The van der Waals surface area contributed by atoms with Gasteiger partial charge in [-0.2, -0.15) is 0 Å². The minimum atomic E-state index is -0.0729. The third-order valence-corrected chi connectivity index (χ3v) is 5.39. The second-order valence-electron chi connectivity index (χ2n) is 5.91. The largest absolute Gasteiger partial charge is 0.357 e. The molecule has 0 fully saturated rings. The summed E-state index contributed by atoms with van der Waals surface area (Å²) in [6.07, 6.45) is 3.21. The maximum absolute atomic E-state index is 12.2. The van der Waals surface area contributed by atoms with E-state index in [1.54, 1.807) is 17.4 Å². The zero-order valence-corrected chi connectivity index (χ0v) is 17.5. The van der Waals surface area contributed by atoms with Gasteiger partial charge in [0, 0.05) is 41.3 Å². The predicted molar refractivity (Wildman–Crippen MR) is 114 cm³/mol. The maximum Gasteiger partial charge on any atom is 0.226 e. The second-order valence-corrected chi connectivity index (χ2v) is 7.51. The Kier molecular flexibility index (Phi) is 8.54. The number of rotatable bonds is 8. The Hall–Kier alpha value is -2.12. The highest BCUT2D eigenvalue weighted by atomic mass is 35.5. The molecule has 2 rings (SSSR count). The summed E-state index contributed by atoms with van der Waals surface area (Å²) in [6.45, 7) is 7.75. The fraction of sp³-hybridized carbons (Fsp3) is 0.421. The molecule has 27 heavy (non-hydrogen) atoms. The van der Waals surface area contributed by atoms with Crippen molar-refractivity contribution in [3.05, 3.63) is 44.9 Å². The number of anilines is 1. The van der Waals surface area contributed by atoms with E-state index >= 15 is 0 Å². The van der Waals surface area contributed by atoms with Crippen molar-refractivity contribution in [1.29, 1.82) is 0 Å². The molecule has 8 heteroatoms. The topological polar surface area (TPSA) is 78.4 Å². The Morgan fingerprint density at radius 3 is 2.81 bits per heavy atom. The molecule has 0 saturated carbocycles. The number of aryl methyl sites for hydroxylation is 1.